The van der Waals surface area contributed by atoms with Crippen LogP contribution in [0.25, 0.3) is 11.1 Å². The van der Waals surface area contributed by atoms with Crippen molar-refractivity contribution < 1.29 is 29.0 Å². The van der Waals surface area contributed by atoms with E-state index >= 15 is 0 Å². The zero-order valence-corrected chi connectivity index (χ0v) is 21.6. The summed E-state index contributed by atoms with van der Waals surface area (Å²) in [6.45, 7) is 4.27. The number of rotatable bonds is 13. The standard InChI is InChI=1S/C30H32N2O6/c1-4-17-31-29(35)24-11-7-5-9-22(24)23-10-6-8-12-25(23)30(36)32(19-16-28(33)34)18-15-21-13-14-26(37-2)27(20-21)38-3/h4-14,20H,1,15-19H2,2-3H3,(H,31,35)(H,33,34). The van der Waals surface area contributed by atoms with Gasteiger partial charge in [-0.25, -0.2) is 0 Å². The van der Waals surface area contributed by atoms with E-state index in [0.717, 1.165) is 5.56 Å². The topological polar surface area (TPSA) is 105 Å². The molecule has 198 valence electrons. The lowest BCUT2D eigenvalue weighted by molar-refractivity contribution is -0.137. The Morgan fingerprint density at radius 3 is 2.16 bits per heavy atom. The summed E-state index contributed by atoms with van der Waals surface area (Å²) >= 11 is 0. The molecule has 0 fully saturated rings. The molecule has 0 aliphatic carbocycles. The summed E-state index contributed by atoms with van der Waals surface area (Å²) in [5.41, 5.74) is 2.92. The average Bonchev–Trinajstić information content (AvgIpc) is 2.95. The monoisotopic (exact) mass is 516 g/mol. The highest BCUT2D eigenvalue weighted by atomic mass is 16.5. The molecule has 3 aromatic rings. The van der Waals surface area contributed by atoms with Crippen molar-refractivity contribution in [1.82, 2.24) is 10.2 Å². The molecule has 2 N–H and O–H groups in total. The Morgan fingerprint density at radius 2 is 1.53 bits per heavy atom. The molecule has 2 amide bonds. The van der Waals surface area contributed by atoms with Crippen LogP contribution in [0.2, 0.25) is 0 Å². The molecular weight excluding hydrogens is 484 g/mol. The maximum Gasteiger partial charge on any atom is 0.305 e. The Kier molecular flexibility index (Phi) is 10.0. The molecule has 0 spiro atoms. The molecule has 3 aromatic carbocycles. The van der Waals surface area contributed by atoms with Gasteiger partial charge in [0, 0.05) is 30.8 Å². The summed E-state index contributed by atoms with van der Waals surface area (Å²) in [5, 5.41) is 12.1. The number of aliphatic carboxylic acids is 1. The molecule has 0 saturated heterocycles. The molecule has 0 radical (unpaired) electrons. The highest BCUT2D eigenvalue weighted by molar-refractivity contribution is 6.06. The third-order valence-corrected chi connectivity index (χ3v) is 6.03. The zero-order chi connectivity index (χ0) is 27.5. The maximum atomic E-state index is 13.8. The van der Waals surface area contributed by atoms with Gasteiger partial charge in [0.25, 0.3) is 11.8 Å². The number of ether oxygens (including phenoxy) is 2. The van der Waals surface area contributed by atoms with Crippen LogP contribution in [0.5, 0.6) is 11.5 Å². The van der Waals surface area contributed by atoms with Crippen LogP contribution < -0.4 is 14.8 Å². The molecule has 0 bridgehead atoms. The number of carboxylic acids is 1. The van der Waals surface area contributed by atoms with Crippen LogP contribution >= 0.6 is 0 Å². The van der Waals surface area contributed by atoms with Gasteiger partial charge in [-0.3, -0.25) is 14.4 Å². The van der Waals surface area contributed by atoms with Crippen LogP contribution in [0.3, 0.4) is 0 Å². The first-order valence-electron chi connectivity index (χ1n) is 12.2. The first-order chi connectivity index (χ1) is 18.4. The van der Waals surface area contributed by atoms with Gasteiger partial charge in [-0.15, -0.1) is 6.58 Å². The second kappa shape index (κ2) is 13.6. The number of amides is 2. The number of benzene rings is 3. The summed E-state index contributed by atoms with van der Waals surface area (Å²) in [6, 6.07) is 19.6. The van der Waals surface area contributed by atoms with Gasteiger partial charge >= 0.3 is 5.97 Å². The Morgan fingerprint density at radius 1 is 0.895 bits per heavy atom. The van der Waals surface area contributed by atoms with Gasteiger partial charge in [0.2, 0.25) is 0 Å². The molecule has 3 rings (SSSR count). The molecule has 0 unspecified atom stereocenters. The summed E-state index contributed by atoms with van der Waals surface area (Å²) in [4.78, 5) is 39.5. The lowest BCUT2D eigenvalue weighted by Crippen LogP contribution is -2.35. The molecule has 38 heavy (non-hydrogen) atoms. The van der Waals surface area contributed by atoms with Crippen molar-refractivity contribution in [2.24, 2.45) is 0 Å². The van der Waals surface area contributed by atoms with E-state index in [0.29, 0.717) is 46.7 Å². The fourth-order valence-corrected chi connectivity index (χ4v) is 4.10. The second-order valence-electron chi connectivity index (χ2n) is 8.47. The van der Waals surface area contributed by atoms with Crippen LogP contribution in [-0.2, 0) is 11.2 Å². The van der Waals surface area contributed by atoms with Gasteiger partial charge in [-0.05, 0) is 47.4 Å². The van der Waals surface area contributed by atoms with E-state index in [2.05, 4.69) is 11.9 Å². The number of hydrogen-bond donors (Lipinski definition) is 2. The minimum atomic E-state index is -0.994. The SMILES string of the molecule is C=CCNC(=O)c1ccccc1-c1ccccc1C(=O)N(CCC(=O)O)CCc1ccc(OC)c(OC)c1. The minimum absolute atomic E-state index is 0.0389. The normalized spacial score (nSPS) is 10.4. The first-order valence-corrected chi connectivity index (χ1v) is 12.2. The number of methoxy groups -OCH3 is 2. The summed E-state index contributed by atoms with van der Waals surface area (Å²) in [6.07, 6.45) is 1.88. The van der Waals surface area contributed by atoms with E-state index in [4.69, 9.17) is 9.47 Å². The van der Waals surface area contributed by atoms with Gasteiger partial charge in [0.1, 0.15) is 0 Å². The van der Waals surface area contributed by atoms with Crippen molar-refractivity contribution >= 4 is 17.8 Å². The van der Waals surface area contributed by atoms with Gasteiger partial charge in [0.05, 0.1) is 20.6 Å². The van der Waals surface area contributed by atoms with Gasteiger partial charge in [0.15, 0.2) is 11.5 Å². The van der Waals surface area contributed by atoms with E-state index in [-0.39, 0.29) is 31.3 Å². The number of nitrogens with zero attached hydrogens (tertiary/aromatic N) is 1. The van der Waals surface area contributed by atoms with Crippen LogP contribution in [0.15, 0.2) is 79.4 Å². The van der Waals surface area contributed by atoms with Gasteiger partial charge in [-0.1, -0.05) is 48.5 Å². The first kappa shape index (κ1) is 28.0. The maximum absolute atomic E-state index is 13.8. The van der Waals surface area contributed by atoms with E-state index in [1.807, 2.05) is 12.1 Å². The van der Waals surface area contributed by atoms with Crippen LogP contribution in [0.1, 0.15) is 32.7 Å². The minimum Gasteiger partial charge on any atom is -0.493 e. The van der Waals surface area contributed by atoms with E-state index in [1.54, 1.807) is 74.9 Å². The van der Waals surface area contributed by atoms with Crippen molar-refractivity contribution in [3.8, 4) is 22.6 Å². The molecule has 0 aliphatic rings. The Balaban J connectivity index is 1.93. The highest BCUT2D eigenvalue weighted by Gasteiger charge is 2.22. The van der Waals surface area contributed by atoms with E-state index in [9.17, 15) is 19.5 Å². The van der Waals surface area contributed by atoms with Crippen molar-refractivity contribution in [3.63, 3.8) is 0 Å². The van der Waals surface area contributed by atoms with Gasteiger partial charge < -0.3 is 24.8 Å². The molecular formula is C30H32N2O6. The summed E-state index contributed by atoms with van der Waals surface area (Å²) in [5.74, 6) is -0.418. The van der Waals surface area contributed by atoms with Crippen molar-refractivity contribution in [1.29, 1.82) is 0 Å². The highest BCUT2D eigenvalue weighted by Crippen LogP contribution is 2.30. The van der Waals surface area contributed by atoms with Crippen LogP contribution in [0, 0.1) is 0 Å². The molecule has 8 heteroatoms. The largest absolute Gasteiger partial charge is 0.493 e. The molecule has 0 aromatic heterocycles. The van der Waals surface area contributed by atoms with Crippen molar-refractivity contribution in [2.75, 3.05) is 33.9 Å². The fourth-order valence-electron chi connectivity index (χ4n) is 4.10. The Bertz CT molecular complexity index is 1300. The molecule has 0 saturated carbocycles. The fraction of sp³-hybridized carbons (Fsp3) is 0.233. The van der Waals surface area contributed by atoms with Gasteiger partial charge in [-0.2, -0.15) is 0 Å². The predicted molar refractivity (Wildman–Crippen MR) is 146 cm³/mol. The molecule has 0 aliphatic heterocycles. The molecule has 8 nitrogen and oxygen atoms in total. The second-order valence-corrected chi connectivity index (χ2v) is 8.47. The number of nitrogens with one attached hydrogen (secondary N) is 1. The lowest BCUT2D eigenvalue weighted by atomic mass is 9.94. The quantitative estimate of drug-likeness (QED) is 0.325. The van der Waals surface area contributed by atoms with E-state index < -0.39 is 5.97 Å². The van der Waals surface area contributed by atoms with Crippen molar-refractivity contribution in [3.05, 3.63) is 96.1 Å². The molecule has 0 atom stereocenters. The Hall–Kier alpha value is -4.59. The zero-order valence-electron chi connectivity index (χ0n) is 21.6. The number of carbonyl (C=O) groups excluding carboxylic acids is 2. The molecule has 0 heterocycles. The van der Waals surface area contributed by atoms with E-state index in [1.165, 1.54) is 4.90 Å². The Labute approximate surface area is 222 Å². The third kappa shape index (κ3) is 7.00. The van der Waals surface area contributed by atoms with Crippen LogP contribution in [-0.4, -0.2) is 61.6 Å². The smallest absolute Gasteiger partial charge is 0.305 e. The lowest BCUT2D eigenvalue weighted by Gasteiger charge is -2.24. The number of carbonyl (C=O) groups is 3. The number of carboxylic acid groups (broad SMARTS) is 1. The predicted octanol–water partition coefficient (Wildman–Crippen LogP) is 4.45. The summed E-state index contributed by atoms with van der Waals surface area (Å²) < 4.78 is 10.7. The average molecular weight is 517 g/mol. The van der Waals surface area contributed by atoms with Crippen molar-refractivity contribution in [2.45, 2.75) is 12.8 Å². The summed E-state index contributed by atoms with van der Waals surface area (Å²) in [7, 11) is 3.11. The van der Waals surface area contributed by atoms with Crippen LogP contribution in [0.4, 0.5) is 0 Å². The number of hydrogen-bond acceptors (Lipinski definition) is 5. The third-order valence-electron chi connectivity index (χ3n) is 6.03.